The predicted molar refractivity (Wildman–Crippen MR) is 52.5 cm³/mol. The van der Waals surface area contributed by atoms with Crippen molar-refractivity contribution in [1.29, 1.82) is 21.0 Å². The van der Waals surface area contributed by atoms with Crippen molar-refractivity contribution in [2.45, 2.75) is 32.6 Å². The maximum atomic E-state index is 9.00. The second-order valence-electron chi connectivity index (χ2n) is 3.32. The van der Waals surface area contributed by atoms with Gasteiger partial charge in [0.15, 0.2) is 5.41 Å². The summed E-state index contributed by atoms with van der Waals surface area (Å²) in [5.74, 6) is -0.606. The van der Waals surface area contributed by atoms with E-state index in [9.17, 15) is 0 Å². The minimum Gasteiger partial charge on any atom is -0.198 e. The summed E-state index contributed by atoms with van der Waals surface area (Å²) in [6.45, 7) is 1.90. The minimum atomic E-state index is -1.32. The molecule has 0 amide bonds. The number of hydrogen-bond donors (Lipinski definition) is 0. The van der Waals surface area contributed by atoms with E-state index in [0.717, 1.165) is 6.42 Å². The zero-order chi connectivity index (χ0) is 11.7. The van der Waals surface area contributed by atoms with Gasteiger partial charge in [-0.05, 0) is 12.8 Å². The van der Waals surface area contributed by atoms with Crippen molar-refractivity contribution in [2.75, 3.05) is 0 Å². The first-order chi connectivity index (χ1) is 7.20. The minimum absolute atomic E-state index is 0.128. The third-order valence-electron chi connectivity index (χ3n) is 2.36. The van der Waals surface area contributed by atoms with Gasteiger partial charge >= 0.3 is 0 Å². The van der Waals surface area contributed by atoms with Crippen LogP contribution in [0.2, 0.25) is 0 Å². The van der Waals surface area contributed by atoms with Gasteiger partial charge in [-0.15, -0.1) is 0 Å². The van der Waals surface area contributed by atoms with Crippen LogP contribution < -0.4 is 0 Å². The number of nitrogens with zero attached hydrogens (tertiary/aromatic N) is 4. The quantitative estimate of drug-likeness (QED) is 0.679. The molecule has 0 fully saturated rings. The van der Waals surface area contributed by atoms with Crippen LogP contribution in [0.3, 0.4) is 0 Å². The lowest BCUT2D eigenvalue weighted by Gasteiger charge is -2.22. The second kappa shape index (κ2) is 6.42. The number of nitriles is 4. The van der Waals surface area contributed by atoms with Crippen LogP contribution in [0, 0.1) is 56.7 Å². The first kappa shape index (κ1) is 13.0. The first-order valence-electron chi connectivity index (χ1n) is 4.79. The topological polar surface area (TPSA) is 95.2 Å². The molecule has 0 aliphatic rings. The Labute approximate surface area is 90.0 Å². The van der Waals surface area contributed by atoms with Crippen molar-refractivity contribution in [3.63, 3.8) is 0 Å². The third kappa shape index (κ3) is 2.98. The highest BCUT2D eigenvalue weighted by molar-refractivity contribution is 5.21. The van der Waals surface area contributed by atoms with Crippen molar-refractivity contribution in [1.82, 2.24) is 0 Å². The molecular formula is C11H12N4. The highest BCUT2D eigenvalue weighted by Crippen LogP contribution is 2.34. The molecule has 1 unspecified atom stereocenters. The number of hydrogen-bond acceptors (Lipinski definition) is 4. The summed E-state index contributed by atoms with van der Waals surface area (Å²) in [7, 11) is 0. The molecule has 0 bridgehead atoms. The average Bonchev–Trinajstić information content (AvgIpc) is 2.29. The highest BCUT2D eigenvalue weighted by Gasteiger charge is 2.39. The van der Waals surface area contributed by atoms with Crippen molar-refractivity contribution in [3.05, 3.63) is 0 Å². The van der Waals surface area contributed by atoms with Gasteiger partial charge in [-0.3, -0.25) is 0 Å². The van der Waals surface area contributed by atoms with Crippen LogP contribution in [0.4, 0.5) is 0 Å². The monoisotopic (exact) mass is 200 g/mol. The van der Waals surface area contributed by atoms with E-state index in [1.54, 1.807) is 0 Å². The molecule has 0 N–H and O–H groups in total. The van der Waals surface area contributed by atoms with E-state index in [4.69, 9.17) is 21.0 Å². The van der Waals surface area contributed by atoms with Gasteiger partial charge in [0.05, 0.1) is 30.2 Å². The van der Waals surface area contributed by atoms with Crippen molar-refractivity contribution < 1.29 is 0 Å². The Hall–Kier alpha value is -2.04. The molecule has 0 aromatic rings. The lowest BCUT2D eigenvalue weighted by molar-refractivity contribution is 0.344. The normalized spacial score (nSPS) is 11.5. The Morgan fingerprint density at radius 1 is 1.13 bits per heavy atom. The van der Waals surface area contributed by atoms with Crippen LogP contribution in [0.5, 0.6) is 0 Å². The maximum Gasteiger partial charge on any atom is 0.160 e. The van der Waals surface area contributed by atoms with E-state index in [1.165, 1.54) is 0 Å². The summed E-state index contributed by atoms with van der Waals surface area (Å²) >= 11 is 0. The van der Waals surface area contributed by atoms with Crippen LogP contribution in [0.25, 0.3) is 0 Å². The van der Waals surface area contributed by atoms with Gasteiger partial charge in [0.1, 0.15) is 0 Å². The molecule has 76 valence electrons. The van der Waals surface area contributed by atoms with E-state index < -0.39 is 11.3 Å². The molecule has 4 heteroatoms. The summed E-state index contributed by atoms with van der Waals surface area (Å²) in [5.41, 5.74) is -1.32. The second-order valence-corrected chi connectivity index (χ2v) is 3.32. The Kier molecular flexibility index (Phi) is 5.55. The molecule has 0 aromatic heterocycles. The fourth-order valence-electron chi connectivity index (χ4n) is 1.43. The molecular weight excluding hydrogens is 188 g/mol. The molecule has 4 nitrogen and oxygen atoms in total. The SMILES string of the molecule is CCCC(C#N)C(C#N)(C#N)CCC#N. The van der Waals surface area contributed by atoms with Gasteiger partial charge in [0.25, 0.3) is 0 Å². The van der Waals surface area contributed by atoms with E-state index in [1.807, 2.05) is 31.2 Å². The molecule has 0 rings (SSSR count). The lowest BCUT2D eigenvalue weighted by atomic mass is 9.73. The van der Waals surface area contributed by atoms with Crippen molar-refractivity contribution >= 4 is 0 Å². The molecule has 0 heterocycles. The van der Waals surface area contributed by atoms with Crippen LogP contribution >= 0.6 is 0 Å². The zero-order valence-electron chi connectivity index (χ0n) is 8.69. The van der Waals surface area contributed by atoms with Crippen LogP contribution in [0.1, 0.15) is 32.6 Å². The molecule has 15 heavy (non-hydrogen) atoms. The summed E-state index contributed by atoms with van der Waals surface area (Å²) in [5, 5.41) is 35.4. The van der Waals surface area contributed by atoms with Crippen LogP contribution in [-0.4, -0.2) is 0 Å². The van der Waals surface area contributed by atoms with E-state index in [0.29, 0.717) is 6.42 Å². The molecule has 0 saturated heterocycles. The largest absolute Gasteiger partial charge is 0.198 e. The van der Waals surface area contributed by atoms with Gasteiger partial charge in [0.2, 0.25) is 0 Å². The Bertz CT molecular complexity index is 344. The summed E-state index contributed by atoms with van der Waals surface area (Å²) in [4.78, 5) is 0. The summed E-state index contributed by atoms with van der Waals surface area (Å²) < 4.78 is 0. The molecule has 0 spiro atoms. The zero-order valence-corrected chi connectivity index (χ0v) is 8.69. The average molecular weight is 200 g/mol. The molecule has 1 atom stereocenters. The predicted octanol–water partition coefficient (Wildman–Crippen LogP) is 2.26. The summed E-state index contributed by atoms with van der Waals surface area (Å²) in [6, 6.07) is 7.70. The van der Waals surface area contributed by atoms with Crippen LogP contribution in [0.15, 0.2) is 0 Å². The first-order valence-corrected chi connectivity index (χ1v) is 4.79. The van der Waals surface area contributed by atoms with Gasteiger partial charge in [-0.2, -0.15) is 21.0 Å². The molecule has 0 aromatic carbocycles. The van der Waals surface area contributed by atoms with Crippen LogP contribution in [-0.2, 0) is 0 Å². The van der Waals surface area contributed by atoms with Gasteiger partial charge < -0.3 is 0 Å². The van der Waals surface area contributed by atoms with E-state index in [-0.39, 0.29) is 12.8 Å². The Morgan fingerprint density at radius 3 is 2.07 bits per heavy atom. The molecule has 0 aliphatic heterocycles. The molecule has 0 aliphatic carbocycles. The highest BCUT2D eigenvalue weighted by atomic mass is 14.5. The van der Waals surface area contributed by atoms with Gasteiger partial charge in [-0.1, -0.05) is 13.3 Å². The molecule has 0 radical (unpaired) electrons. The number of rotatable bonds is 5. The Morgan fingerprint density at radius 2 is 1.73 bits per heavy atom. The van der Waals surface area contributed by atoms with Gasteiger partial charge in [0, 0.05) is 6.42 Å². The fourth-order valence-corrected chi connectivity index (χ4v) is 1.43. The van der Waals surface area contributed by atoms with Crippen molar-refractivity contribution in [3.8, 4) is 24.3 Å². The smallest absolute Gasteiger partial charge is 0.160 e. The van der Waals surface area contributed by atoms with Crippen molar-refractivity contribution in [2.24, 2.45) is 11.3 Å². The molecule has 0 saturated carbocycles. The lowest BCUT2D eigenvalue weighted by Crippen LogP contribution is -2.26. The van der Waals surface area contributed by atoms with E-state index >= 15 is 0 Å². The van der Waals surface area contributed by atoms with Gasteiger partial charge in [-0.25, -0.2) is 0 Å². The van der Waals surface area contributed by atoms with E-state index in [2.05, 4.69) is 0 Å². The standard InChI is InChI=1S/C11H12N4/c1-2-4-10(7-13)11(8-14,9-15)5-3-6-12/h10H,2-5H2,1H3. The third-order valence-corrected chi connectivity index (χ3v) is 2.36. The Balaban J connectivity index is 4.95. The fraction of sp³-hybridized carbons (Fsp3) is 0.636. The maximum absolute atomic E-state index is 9.00. The summed E-state index contributed by atoms with van der Waals surface area (Å²) in [6.07, 6.45) is 1.54.